The second kappa shape index (κ2) is 6.91. The third-order valence-electron chi connectivity index (χ3n) is 4.35. The summed E-state index contributed by atoms with van der Waals surface area (Å²) in [6, 6.07) is 4.80. The summed E-state index contributed by atoms with van der Waals surface area (Å²) >= 11 is 0. The lowest BCUT2D eigenvalue weighted by molar-refractivity contribution is -0.173. The number of anilines is 1. The topological polar surface area (TPSA) is 70.1 Å². The van der Waals surface area contributed by atoms with Gasteiger partial charge in [-0.05, 0) is 31.2 Å². The molecule has 0 aromatic heterocycles. The number of alkyl halides is 3. The molecule has 1 atom stereocenters. The number of methoxy groups -OCH3 is 1. The fraction of sp³-hybridized carbons (Fsp3) is 0.500. The number of hydrogen-bond acceptors (Lipinski definition) is 4. The van der Waals surface area contributed by atoms with E-state index in [4.69, 9.17) is 4.74 Å². The maximum atomic E-state index is 12.6. The standard InChI is InChI=1S/C16H19F3N2O4/c1-15(25-2,14(23)24)13(22)21-9-7-20(8-10-21)12-5-3-11(4-6-12)16(17,18)19/h3-6H,7-10H2,1-2H3,(H,23,24). The molecule has 9 heteroatoms. The van der Waals surface area contributed by atoms with Gasteiger partial charge in [-0.2, -0.15) is 13.2 Å². The van der Waals surface area contributed by atoms with E-state index >= 15 is 0 Å². The van der Waals surface area contributed by atoms with Crippen LogP contribution in [0.3, 0.4) is 0 Å². The number of halogens is 3. The number of carboxylic acids is 1. The first-order valence-electron chi connectivity index (χ1n) is 7.59. The van der Waals surface area contributed by atoms with E-state index in [0.717, 1.165) is 19.2 Å². The number of rotatable bonds is 4. The number of ether oxygens (including phenoxy) is 1. The fourth-order valence-electron chi connectivity index (χ4n) is 2.60. The van der Waals surface area contributed by atoms with Crippen LogP contribution < -0.4 is 4.90 Å². The van der Waals surface area contributed by atoms with E-state index in [1.165, 1.54) is 24.0 Å². The normalized spacial score (nSPS) is 18.0. The van der Waals surface area contributed by atoms with Gasteiger partial charge in [0.1, 0.15) is 0 Å². The molecule has 1 saturated heterocycles. The minimum atomic E-state index is -4.38. The molecule has 6 nitrogen and oxygen atoms in total. The highest BCUT2D eigenvalue weighted by atomic mass is 19.4. The van der Waals surface area contributed by atoms with E-state index in [9.17, 15) is 27.9 Å². The quantitative estimate of drug-likeness (QED) is 0.830. The SMILES string of the molecule is COC(C)(C(=O)O)C(=O)N1CCN(c2ccc(C(F)(F)F)cc2)CC1. The molecule has 0 spiro atoms. The Hall–Kier alpha value is -2.29. The molecule has 1 N–H and O–H groups in total. The van der Waals surface area contributed by atoms with Crippen LogP contribution in [-0.2, 0) is 20.5 Å². The van der Waals surface area contributed by atoms with Crippen molar-refractivity contribution in [3.05, 3.63) is 29.8 Å². The van der Waals surface area contributed by atoms with Crippen LogP contribution >= 0.6 is 0 Å². The third-order valence-corrected chi connectivity index (χ3v) is 4.35. The molecule has 138 valence electrons. The van der Waals surface area contributed by atoms with Gasteiger partial charge in [0, 0.05) is 39.0 Å². The maximum Gasteiger partial charge on any atom is 0.416 e. The summed E-state index contributed by atoms with van der Waals surface area (Å²) in [5.41, 5.74) is -2.05. The van der Waals surface area contributed by atoms with Gasteiger partial charge in [0.2, 0.25) is 5.60 Å². The number of carbonyl (C=O) groups is 2. The van der Waals surface area contributed by atoms with Gasteiger partial charge in [0.25, 0.3) is 5.91 Å². The van der Waals surface area contributed by atoms with Gasteiger partial charge in [-0.3, -0.25) is 4.79 Å². The highest BCUT2D eigenvalue weighted by Gasteiger charge is 2.45. The van der Waals surface area contributed by atoms with Crippen molar-refractivity contribution in [3.8, 4) is 0 Å². The van der Waals surface area contributed by atoms with Crippen LogP contribution in [0.5, 0.6) is 0 Å². The van der Waals surface area contributed by atoms with Gasteiger partial charge in [0.05, 0.1) is 5.56 Å². The van der Waals surface area contributed by atoms with Crippen LogP contribution in [0.15, 0.2) is 24.3 Å². The number of amides is 1. The number of carbonyl (C=O) groups excluding carboxylic acids is 1. The van der Waals surface area contributed by atoms with Crippen LogP contribution in [0.25, 0.3) is 0 Å². The summed E-state index contributed by atoms with van der Waals surface area (Å²) in [5.74, 6) is -2.01. The van der Waals surface area contributed by atoms with E-state index < -0.39 is 29.2 Å². The molecule has 0 aliphatic carbocycles. The highest BCUT2D eigenvalue weighted by Crippen LogP contribution is 2.30. The van der Waals surface area contributed by atoms with Crippen LogP contribution in [0.4, 0.5) is 18.9 Å². The van der Waals surface area contributed by atoms with Crippen LogP contribution in [0, 0.1) is 0 Å². The van der Waals surface area contributed by atoms with Gasteiger partial charge in [-0.1, -0.05) is 0 Å². The molecule has 1 aromatic carbocycles. The van der Waals surface area contributed by atoms with Crippen molar-refractivity contribution in [3.63, 3.8) is 0 Å². The number of hydrogen-bond donors (Lipinski definition) is 1. The molecule has 1 fully saturated rings. The summed E-state index contributed by atoms with van der Waals surface area (Å²) in [7, 11) is 1.16. The van der Waals surface area contributed by atoms with Crippen molar-refractivity contribution in [2.75, 3.05) is 38.2 Å². The Kier molecular flexibility index (Phi) is 5.26. The van der Waals surface area contributed by atoms with Crippen LogP contribution in [0.2, 0.25) is 0 Å². The zero-order valence-corrected chi connectivity index (χ0v) is 13.8. The van der Waals surface area contributed by atoms with E-state index in [0.29, 0.717) is 18.8 Å². The number of aliphatic carboxylic acids is 1. The zero-order chi connectivity index (χ0) is 18.8. The lowest BCUT2D eigenvalue weighted by Crippen LogP contribution is -2.58. The molecule has 1 unspecified atom stereocenters. The first-order valence-corrected chi connectivity index (χ1v) is 7.59. The molecular weight excluding hydrogens is 341 g/mol. The summed E-state index contributed by atoms with van der Waals surface area (Å²) in [5, 5.41) is 9.18. The van der Waals surface area contributed by atoms with Crippen molar-refractivity contribution in [1.82, 2.24) is 4.90 Å². The Morgan fingerprint density at radius 2 is 1.60 bits per heavy atom. The van der Waals surface area contributed by atoms with Crippen molar-refractivity contribution < 1.29 is 32.6 Å². The van der Waals surface area contributed by atoms with Crippen LogP contribution in [-0.4, -0.2) is 60.8 Å². The summed E-state index contributed by atoms with van der Waals surface area (Å²) in [6.07, 6.45) is -4.38. The number of benzene rings is 1. The molecule has 1 aliphatic rings. The molecule has 0 saturated carbocycles. The average molecular weight is 360 g/mol. The largest absolute Gasteiger partial charge is 0.479 e. The van der Waals surface area contributed by atoms with E-state index in [2.05, 4.69) is 0 Å². The first-order chi connectivity index (χ1) is 11.6. The van der Waals surface area contributed by atoms with Gasteiger partial charge in [-0.25, -0.2) is 4.79 Å². The molecular formula is C16H19F3N2O4. The van der Waals surface area contributed by atoms with Crippen molar-refractivity contribution in [2.24, 2.45) is 0 Å². The van der Waals surface area contributed by atoms with Gasteiger partial charge in [-0.15, -0.1) is 0 Å². The Morgan fingerprint density at radius 3 is 2.00 bits per heavy atom. The molecule has 2 rings (SSSR count). The first kappa shape index (κ1) is 19.0. The van der Waals surface area contributed by atoms with E-state index in [1.54, 1.807) is 0 Å². The minimum absolute atomic E-state index is 0.256. The Balaban J connectivity index is 2.02. The highest BCUT2D eigenvalue weighted by molar-refractivity contribution is 6.05. The summed E-state index contributed by atoms with van der Waals surface area (Å²) < 4.78 is 42.6. The fourth-order valence-corrected chi connectivity index (χ4v) is 2.60. The lowest BCUT2D eigenvalue weighted by Gasteiger charge is -2.38. The van der Waals surface area contributed by atoms with Gasteiger partial charge in [0.15, 0.2) is 0 Å². The molecule has 25 heavy (non-hydrogen) atoms. The van der Waals surface area contributed by atoms with E-state index in [-0.39, 0.29) is 13.1 Å². The van der Waals surface area contributed by atoms with Crippen LogP contribution in [0.1, 0.15) is 12.5 Å². The third kappa shape index (κ3) is 3.87. The average Bonchev–Trinajstić information content (AvgIpc) is 2.59. The second-order valence-electron chi connectivity index (χ2n) is 5.87. The molecule has 0 radical (unpaired) electrons. The van der Waals surface area contributed by atoms with Gasteiger partial charge < -0.3 is 19.6 Å². The maximum absolute atomic E-state index is 12.6. The van der Waals surface area contributed by atoms with Gasteiger partial charge >= 0.3 is 12.1 Å². The Morgan fingerprint density at radius 1 is 1.08 bits per heavy atom. The predicted octanol–water partition coefficient (Wildman–Crippen LogP) is 1.84. The molecule has 1 amide bonds. The van der Waals surface area contributed by atoms with E-state index in [1.807, 2.05) is 4.90 Å². The summed E-state index contributed by atoms with van der Waals surface area (Å²) in [6.45, 7) is 2.48. The molecule has 1 heterocycles. The number of nitrogens with zero attached hydrogens (tertiary/aromatic N) is 2. The monoisotopic (exact) mass is 360 g/mol. The Labute approximate surface area is 142 Å². The summed E-state index contributed by atoms with van der Waals surface area (Å²) in [4.78, 5) is 26.9. The number of carboxylic acid groups (broad SMARTS) is 1. The zero-order valence-electron chi connectivity index (χ0n) is 13.8. The van der Waals surface area contributed by atoms with Crippen molar-refractivity contribution in [2.45, 2.75) is 18.7 Å². The number of piperazine rings is 1. The molecule has 0 bridgehead atoms. The molecule has 1 aliphatic heterocycles. The van der Waals surface area contributed by atoms with Crippen molar-refractivity contribution in [1.29, 1.82) is 0 Å². The molecule has 1 aromatic rings. The lowest BCUT2D eigenvalue weighted by atomic mass is 10.0. The van der Waals surface area contributed by atoms with Crippen molar-refractivity contribution >= 4 is 17.6 Å². The predicted molar refractivity (Wildman–Crippen MR) is 83.3 cm³/mol. The Bertz CT molecular complexity index is 640. The second-order valence-corrected chi connectivity index (χ2v) is 5.87. The smallest absolute Gasteiger partial charge is 0.416 e. The minimum Gasteiger partial charge on any atom is -0.479 e.